The molecule has 0 aliphatic carbocycles. The van der Waals surface area contributed by atoms with Gasteiger partial charge in [0.1, 0.15) is 12.4 Å². The van der Waals surface area contributed by atoms with Gasteiger partial charge in [0.25, 0.3) is 5.56 Å². The molecule has 3 aromatic rings. The van der Waals surface area contributed by atoms with Crippen molar-refractivity contribution in [1.29, 1.82) is 0 Å². The molecule has 184 valence electrons. The Morgan fingerprint density at radius 2 is 1.89 bits per heavy atom. The van der Waals surface area contributed by atoms with Crippen molar-refractivity contribution in [3.05, 3.63) is 65.1 Å². The van der Waals surface area contributed by atoms with Crippen LogP contribution in [0.15, 0.2) is 59.5 Å². The lowest BCUT2D eigenvalue weighted by Gasteiger charge is -2.38. The maximum Gasteiger partial charge on any atom is 0.262 e. The minimum absolute atomic E-state index is 0.0537. The molecule has 0 radical (unpaired) electrons. The molecule has 0 bridgehead atoms. The number of fused-ring (bicyclic) bond motifs is 1. The molecule has 2 saturated heterocycles. The second kappa shape index (κ2) is 10.1. The molecule has 0 N–H and O–H groups in total. The van der Waals surface area contributed by atoms with E-state index in [2.05, 4.69) is 17.0 Å². The van der Waals surface area contributed by atoms with Crippen LogP contribution < -0.4 is 15.2 Å². The first-order chi connectivity index (χ1) is 17.0. The zero-order valence-electron chi connectivity index (χ0n) is 20.5. The van der Waals surface area contributed by atoms with Crippen molar-refractivity contribution in [2.75, 3.05) is 38.3 Å². The number of likely N-dealkylation sites (N-methyl/N-ethyl adjacent to an activating group) is 1. The summed E-state index contributed by atoms with van der Waals surface area (Å²) in [7, 11) is 1.88. The molecule has 2 unspecified atom stereocenters. The van der Waals surface area contributed by atoms with Crippen molar-refractivity contribution >= 4 is 22.4 Å². The van der Waals surface area contributed by atoms with Crippen molar-refractivity contribution in [2.45, 2.75) is 44.8 Å². The van der Waals surface area contributed by atoms with Crippen LogP contribution in [0.1, 0.15) is 32.6 Å². The van der Waals surface area contributed by atoms with Crippen molar-refractivity contribution < 1.29 is 14.3 Å². The first-order valence-corrected chi connectivity index (χ1v) is 12.5. The van der Waals surface area contributed by atoms with Gasteiger partial charge in [-0.15, -0.1) is 0 Å². The van der Waals surface area contributed by atoms with Crippen LogP contribution in [0.3, 0.4) is 0 Å². The van der Waals surface area contributed by atoms with Gasteiger partial charge >= 0.3 is 0 Å². The van der Waals surface area contributed by atoms with E-state index in [4.69, 9.17) is 9.47 Å². The number of carbonyl (C=O) groups is 1. The lowest BCUT2D eigenvalue weighted by molar-refractivity contribution is -0.129. The third kappa shape index (κ3) is 5.05. The van der Waals surface area contributed by atoms with E-state index in [-0.39, 0.29) is 23.6 Å². The number of carbonyl (C=O) groups excluding carboxylic acids is 1. The number of anilines is 1. The van der Waals surface area contributed by atoms with Crippen LogP contribution in [0.4, 0.5) is 5.69 Å². The largest absolute Gasteiger partial charge is 0.491 e. The van der Waals surface area contributed by atoms with E-state index in [1.54, 1.807) is 11.5 Å². The quantitative estimate of drug-likeness (QED) is 0.539. The molecule has 5 rings (SSSR count). The molecule has 0 saturated carbocycles. The third-order valence-electron chi connectivity index (χ3n) is 7.27. The molecule has 1 amide bonds. The van der Waals surface area contributed by atoms with Gasteiger partial charge in [0.2, 0.25) is 5.91 Å². The minimum atomic E-state index is -0.0537. The monoisotopic (exact) mass is 475 g/mol. The molecular weight excluding hydrogens is 442 g/mol. The highest BCUT2D eigenvalue weighted by molar-refractivity contribution is 5.83. The summed E-state index contributed by atoms with van der Waals surface area (Å²) in [4.78, 5) is 29.2. The van der Waals surface area contributed by atoms with E-state index in [9.17, 15) is 9.59 Å². The number of hydrogen-bond acceptors (Lipinski definition) is 5. The van der Waals surface area contributed by atoms with Gasteiger partial charge in [0.05, 0.1) is 6.10 Å². The average Bonchev–Trinajstić information content (AvgIpc) is 3.41. The molecule has 0 spiro atoms. The van der Waals surface area contributed by atoms with Crippen molar-refractivity contribution in [3.8, 4) is 11.4 Å². The number of pyridine rings is 1. The van der Waals surface area contributed by atoms with Crippen molar-refractivity contribution in [3.63, 3.8) is 0 Å². The first kappa shape index (κ1) is 23.4. The number of rotatable bonds is 6. The molecule has 2 atom stereocenters. The summed E-state index contributed by atoms with van der Waals surface area (Å²) < 4.78 is 13.2. The Hall–Kier alpha value is -3.32. The summed E-state index contributed by atoms with van der Waals surface area (Å²) in [5, 5.41) is 1.52. The SMILES string of the molecule is CC(=O)N(C)C1CCCN(c2ccc(-n3ccc4cc(OCC5CCCO5)ccc4c3=O)cc2)C1. The summed E-state index contributed by atoms with van der Waals surface area (Å²) in [6.45, 7) is 4.76. The van der Waals surface area contributed by atoms with Crippen LogP contribution in [-0.4, -0.2) is 60.9 Å². The molecule has 1 aromatic heterocycles. The topological polar surface area (TPSA) is 64.0 Å². The number of benzene rings is 2. The summed E-state index contributed by atoms with van der Waals surface area (Å²) in [6.07, 6.45) is 6.17. The predicted molar refractivity (Wildman–Crippen MR) is 138 cm³/mol. The number of ether oxygens (including phenoxy) is 2. The maximum atomic E-state index is 13.2. The van der Waals surface area contributed by atoms with Crippen molar-refractivity contribution in [1.82, 2.24) is 9.47 Å². The van der Waals surface area contributed by atoms with Crippen LogP contribution in [-0.2, 0) is 9.53 Å². The lowest BCUT2D eigenvalue weighted by atomic mass is 10.0. The van der Waals surface area contributed by atoms with Gasteiger partial charge in [-0.2, -0.15) is 0 Å². The fourth-order valence-corrected chi connectivity index (χ4v) is 5.07. The molecule has 2 aliphatic heterocycles. The van der Waals surface area contributed by atoms with E-state index < -0.39 is 0 Å². The maximum absolute atomic E-state index is 13.2. The Bertz CT molecular complexity index is 1250. The number of amides is 1. The second-order valence-corrected chi connectivity index (χ2v) is 9.57. The summed E-state index contributed by atoms with van der Waals surface area (Å²) >= 11 is 0. The van der Waals surface area contributed by atoms with Crippen LogP contribution in [0.2, 0.25) is 0 Å². The number of hydrogen-bond donors (Lipinski definition) is 0. The molecule has 35 heavy (non-hydrogen) atoms. The Morgan fingerprint density at radius 3 is 2.63 bits per heavy atom. The fourth-order valence-electron chi connectivity index (χ4n) is 5.07. The highest BCUT2D eigenvalue weighted by Gasteiger charge is 2.24. The van der Waals surface area contributed by atoms with Crippen molar-refractivity contribution in [2.24, 2.45) is 0 Å². The van der Waals surface area contributed by atoms with E-state index in [0.717, 1.165) is 67.9 Å². The minimum Gasteiger partial charge on any atom is -0.491 e. The van der Waals surface area contributed by atoms with E-state index in [1.807, 2.05) is 54.5 Å². The summed E-state index contributed by atoms with van der Waals surface area (Å²) in [5.41, 5.74) is 1.88. The fraction of sp³-hybridized carbons (Fsp3) is 0.429. The van der Waals surface area contributed by atoms with E-state index >= 15 is 0 Å². The Balaban J connectivity index is 1.31. The Kier molecular flexibility index (Phi) is 6.77. The molecular formula is C28H33N3O4. The molecule has 2 aliphatic rings. The number of piperidine rings is 1. The predicted octanol–water partition coefficient (Wildman–Crippen LogP) is 4.00. The van der Waals surface area contributed by atoms with E-state index in [1.165, 1.54) is 0 Å². The number of nitrogens with zero attached hydrogens (tertiary/aromatic N) is 3. The smallest absolute Gasteiger partial charge is 0.262 e. The highest BCUT2D eigenvalue weighted by atomic mass is 16.5. The first-order valence-electron chi connectivity index (χ1n) is 12.5. The van der Waals surface area contributed by atoms with Crippen LogP contribution >= 0.6 is 0 Å². The van der Waals surface area contributed by atoms with Crippen LogP contribution in [0.25, 0.3) is 16.5 Å². The Morgan fingerprint density at radius 1 is 1.09 bits per heavy atom. The van der Waals surface area contributed by atoms with Gasteiger partial charge in [0, 0.05) is 62.7 Å². The lowest BCUT2D eigenvalue weighted by Crippen LogP contribution is -2.48. The highest BCUT2D eigenvalue weighted by Crippen LogP contribution is 2.25. The van der Waals surface area contributed by atoms with E-state index in [0.29, 0.717) is 12.0 Å². The van der Waals surface area contributed by atoms with Gasteiger partial charge in [0.15, 0.2) is 0 Å². The zero-order chi connectivity index (χ0) is 24.4. The molecule has 7 nitrogen and oxygen atoms in total. The van der Waals surface area contributed by atoms with Gasteiger partial charge in [-0.05, 0) is 79.6 Å². The Labute approximate surface area is 205 Å². The molecule has 2 fully saturated rings. The standard InChI is InChI=1S/C28H33N3O4/c1-20(32)29(2)24-5-3-14-30(18-24)22-7-9-23(10-8-22)31-15-13-21-17-25(11-12-27(21)28(31)33)35-19-26-6-4-16-34-26/h7-13,15,17,24,26H,3-6,14,16,18-19H2,1-2H3. The zero-order valence-corrected chi connectivity index (χ0v) is 20.5. The average molecular weight is 476 g/mol. The second-order valence-electron chi connectivity index (χ2n) is 9.57. The van der Waals surface area contributed by atoms with Gasteiger partial charge in [-0.3, -0.25) is 14.2 Å². The number of aromatic nitrogens is 1. The van der Waals surface area contributed by atoms with Gasteiger partial charge in [-0.25, -0.2) is 0 Å². The van der Waals surface area contributed by atoms with Gasteiger partial charge < -0.3 is 19.3 Å². The summed E-state index contributed by atoms with van der Waals surface area (Å²) in [5.74, 6) is 0.856. The molecule has 3 heterocycles. The van der Waals surface area contributed by atoms with Crippen LogP contribution in [0.5, 0.6) is 5.75 Å². The third-order valence-corrected chi connectivity index (χ3v) is 7.27. The summed E-state index contributed by atoms with van der Waals surface area (Å²) in [6, 6.07) is 15.9. The molecule has 2 aromatic carbocycles. The normalized spacial score (nSPS) is 20.2. The van der Waals surface area contributed by atoms with Gasteiger partial charge in [-0.1, -0.05) is 0 Å². The molecule has 7 heteroatoms. The van der Waals surface area contributed by atoms with Crippen LogP contribution in [0, 0.1) is 0 Å².